The molecular weight excluding hydrogens is 262 g/mol. The van der Waals surface area contributed by atoms with E-state index in [-0.39, 0.29) is 25.2 Å². The van der Waals surface area contributed by atoms with Gasteiger partial charge in [0, 0.05) is 12.6 Å². The van der Waals surface area contributed by atoms with E-state index in [0.29, 0.717) is 11.4 Å². The Bertz CT molecular complexity index is 496. The molecule has 1 aliphatic carbocycles. The van der Waals surface area contributed by atoms with E-state index < -0.39 is 0 Å². The van der Waals surface area contributed by atoms with Gasteiger partial charge in [0.15, 0.2) is 0 Å². The Kier molecular flexibility index (Phi) is 4.97. The van der Waals surface area contributed by atoms with Crippen molar-refractivity contribution in [2.45, 2.75) is 25.3 Å². The third-order valence-corrected chi connectivity index (χ3v) is 4.21. The van der Waals surface area contributed by atoms with E-state index in [2.05, 4.69) is 11.8 Å². The van der Waals surface area contributed by atoms with Gasteiger partial charge in [-0.05, 0) is 31.4 Å². The highest BCUT2D eigenvalue weighted by atomic mass is 32.1. The van der Waals surface area contributed by atoms with Crippen molar-refractivity contribution in [1.29, 1.82) is 0 Å². The summed E-state index contributed by atoms with van der Waals surface area (Å²) in [6.07, 6.45) is 3.19. The topological polar surface area (TPSA) is 60.8 Å². The molecule has 0 radical (unpaired) electrons. The first kappa shape index (κ1) is 14.1. The molecule has 1 heterocycles. The predicted octanol–water partition coefficient (Wildman–Crippen LogP) is 1.08. The molecule has 5 heteroatoms. The van der Waals surface area contributed by atoms with Crippen LogP contribution in [0.3, 0.4) is 0 Å². The molecule has 0 spiro atoms. The van der Waals surface area contributed by atoms with Crippen molar-refractivity contribution in [3.05, 3.63) is 21.9 Å². The highest BCUT2D eigenvalue weighted by Gasteiger charge is 2.29. The lowest BCUT2D eigenvalue weighted by atomic mass is 9.91. The van der Waals surface area contributed by atoms with Gasteiger partial charge in [-0.3, -0.25) is 4.79 Å². The van der Waals surface area contributed by atoms with Crippen molar-refractivity contribution < 1.29 is 15.0 Å². The zero-order chi connectivity index (χ0) is 13.7. The summed E-state index contributed by atoms with van der Waals surface area (Å²) < 4.78 is 0. The van der Waals surface area contributed by atoms with Gasteiger partial charge < -0.3 is 15.1 Å². The maximum atomic E-state index is 12.4. The summed E-state index contributed by atoms with van der Waals surface area (Å²) in [6.45, 7) is 0.198. The van der Waals surface area contributed by atoms with Gasteiger partial charge in [0.1, 0.15) is 6.61 Å². The van der Waals surface area contributed by atoms with Gasteiger partial charge in [0.25, 0.3) is 5.91 Å². The fourth-order valence-electron chi connectivity index (χ4n) is 2.04. The van der Waals surface area contributed by atoms with E-state index in [0.717, 1.165) is 24.1 Å². The molecule has 0 unspecified atom stereocenters. The summed E-state index contributed by atoms with van der Waals surface area (Å²) in [4.78, 5) is 15.6. The minimum absolute atomic E-state index is 0.00914. The minimum Gasteiger partial charge on any atom is -0.395 e. The lowest BCUT2D eigenvalue weighted by Crippen LogP contribution is -2.45. The van der Waals surface area contributed by atoms with Gasteiger partial charge in [0.2, 0.25) is 0 Å². The number of nitrogens with zero attached hydrogens (tertiary/aromatic N) is 1. The maximum Gasteiger partial charge on any atom is 0.264 e. The SMILES string of the molecule is O=C(c1ccc(C#CCO)s1)N(CCO)C1CCC1. The summed E-state index contributed by atoms with van der Waals surface area (Å²) in [5.74, 6) is 5.34. The molecule has 0 bridgehead atoms. The van der Waals surface area contributed by atoms with Gasteiger partial charge in [-0.1, -0.05) is 11.8 Å². The van der Waals surface area contributed by atoms with E-state index in [1.54, 1.807) is 17.0 Å². The second kappa shape index (κ2) is 6.71. The first-order valence-corrected chi connectivity index (χ1v) is 7.19. The number of rotatable bonds is 4. The van der Waals surface area contributed by atoms with Gasteiger partial charge in [0.05, 0.1) is 16.4 Å². The van der Waals surface area contributed by atoms with Crippen molar-refractivity contribution in [2.24, 2.45) is 0 Å². The minimum atomic E-state index is -0.181. The van der Waals surface area contributed by atoms with E-state index in [1.165, 1.54) is 11.3 Å². The van der Waals surface area contributed by atoms with Gasteiger partial charge in [-0.15, -0.1) is 11.3 Å². The number of carbonyl (C=O) groups excluding carboxylic acids is 1. The average molecular weight is 279 g/mol. The Labute approximate surface area is 116 Å². The van der Waals surface area contributed by atoms with E-state index in [9.17, 15) is 4.79 Å². The number of aliphatic hydroxyl groups excluding tert-OH is 2. The van der Waals surface area contributed by atoms with E-state index >= 15 is 0 Å². The van der Waals surface area contributed by atoms with E-state index in [4.69, 9.17) is 10.2 Å². The van der Waals surface area contributed by atoms with Crippen LogP contribution >= 0.6 is 11.3 Å². The molecule has 0 atom stereocenters. The summed E-state index contributed by atoms with van der Waals surface area (Å²) in [7, 11) is 0. The van der Waals surface area contributed by atoms with Crippen LogP contribution in [0, 0.1) is 11.8 Å². The van der Waals surface area contributed by atoms with Crippen LogP contribution in [0.5, 0.6) is 0 Å². The lowest BCUT2D eigenvalue weighted by Gasteiger charge is -2.37. The third kappa shape index (κ3) is 3.35. The van der Waals surface area contributed by atoms with Crippen LogP contribution in [0.2, 0.25) is 0 Å². The normalized spacial score (nSPS) is 14.4. The molecule has 102 valence electrons. The van der Waals surface area contributed by atoms with Crippen molar-refractivity contribution in [3.63, 3.8) is 0 Å². The van der Waals surface area contributed by atoms with E-state index in [1.807, 2.05) is 0 Å². The molecule has 1 aliphatic rings. The van der Waals surface area contributed by atoms with Crippen LogP contribution < -0.4 is 0 Å². The summed E-state index contributed by atoms with van der Waals surface area (Å²) in [5.41, 5.74) is 0. The van der Waals surface area contributed by atoms with Gasteiger partial charge in [-0.25, -0.2) is 0 Å². The molecule has 4 nitrogen and oxygen atoms in total. The monoisotopic (exact) mass is 279 g/mol. The lowest BCUT2D eigenvalue weighted by molar-refractivity contribution is 0.0530. The first-order chi connectivity index (χ1) is 9.26. The number of hydrogen-bond donors (Lipinski definition) is 2. The van der Waals surface area contributed by atoms with Gasteiger partial charge in [-0.2, -0.15) is 0 Å². The molecule has 0 aromatic carbocycles. The zero-order valence-corrected chi connectivity index (χ0v) is 11.4. The molecule has 2 rings (SSSR count). The fourth-order valence-corrected chi connectivity index (χ4v) is 2.88. The highest BCUT2D eigenvalue weighted by molar-refractivity contribution is 7.14. The highest BCUT2D eigenvalue weighted by Crippen LogP contribution is 2.27. The van der Waals surface area contributed by atoms with Crippen LogP contribution in [-0.4, -0.2) is 46.8 Å². The molecule has 1 aromatic rings. The molecule has 0 saturated heterocycles. The Hall–Kier alpha value is -1.35. The van der Waals surface area contributed by atoms with Crippen molar-refractivity contribution in [1.82, 2.24) is 4.90 Å². The summed E-state index contributed by atoms with van der Waals surface area (Å²) in [6, 6.07) is 3.82. The Morgan fingerprint density at radius 2 is 2.21 bits per heavy atom. The number of amides is 1. The van der Waals surface area contributed by atoms with Crippen molar-refractivity contribution in [2.75, 3.05) is 19.8 Å². The molecule has 2 N–H and O–H groups in total. The zero-order valence-electron chi connectivity index (χ0n) is 10.6. The molecule has 1 amide bonds. The summed E-state index contributed by atoms with van der Waals surface area (Å²) in [5, 5.41) is 17.7. The number of hydrogen-bond acceptors (Lipinski definition) is 4. The molecule has 19 heavy (non-hydrogen) atoms. The Balaban J connectivity index is 2.09. The third-order valence-electron chi connectivity index (χ3n) is 3.22. The quantitative estimate of drug-likeness (QED) is 0.811. The van der Waals surface area contributed by atoms with Crippen LogP contribution in [-0.2, 0) is 0 Å². The molecule has 1 saturated carbocycles. The van der Waals surface area contributed by atoms with Crippen LogP contribution in [0.4, 0.5) is 0 Å². The average Bonchev–Trinajstić information content (AvgIpc) is 2.81. The Morgan fingerprint density at radius 1 is 1.42 bits per heavy atom. The van der Waals surface area contributed by atoms with Crippen LogP contribution in [0.1, 0.15) is 33.8 Å². The first-order valence-electron chi connectivity index (χ1n) is 6.37. The van der Waals surface area contributed by atoms with Crippen molar-refractivity contribution in [3.8, 4) is 11.8 Å². The number of carbonyl (C=O) groups is 1. The molecule has 0 aliphatic heterocycles. The molecule has 1 aromatic heterocycles. The fraction of sp³-hybridized carbons (Fsp3) is 0.500. The second-order valence-corrected chi connectivity index (χ2v) is 5.51. The van der Waals surface area contributed by atoms with Gasteiger partial charge >= 0.3 is 0 Å². The van der Waals surface area contributed by atoms with Crippen LogP contribution in [0.25, 0.3) is 0 Å². The standard InChI is InChI=1S/C14H17NO3S/c16-9-2-5-12-6-7-13(19-12)14(18)15(8-10-17)11-3-1-4-11/h6-7,11,16-17H,1,3-4,8-10H2. The molecular formula is C14H17NO3S. The van der Waals surface area contributed by atoms with Crippen LogP contribution in [0.15, 0.2) is 12.1 Å². The largest absolute Gasteiger partial charge is 0.395 e. The number of aliphatic hydroxyl groups is 2. The van der Waals surface area contributed by atoms with Crippen molar-refractivity contribution >= 4 is 17.2 Å². The molecule has 1 fully saturated rings. The second-order valence-electron chi connectivity index (χ2n) is 4.43. The number of thiophene rings is 1. The smallest absolute Gasteiger partial charge is 0.264 e. The summed E-state index contributed by atoms with van der Waals surface area (Å²) >= 11 is 1.33. The maximum absolute atomic E-state index is 12.4. The predicted molar refractivity (Wildman–Crippen MR) is 74.0 cm³/mol. The Morgan fingerprint density at radius 3 is 2.79 bits per heavy atom.